The molecule has 0 bridgehead atoms. The summed E-state index contributed by atoms with van der Waals surface area (Å²) >= 11 is 0. The van der Waals surface area contributed by atoms with Crippen LogP contribution in [0.2, 0.25) is 0 Å². The van der Waals surface area contributed by atoms with Gasteiger partial charge in [-0.05, 0) is 36.5 Å². The van der Waals surface area contributed by atoms with E-state index in [0.717, 1.165) is 18.4 Å². The minimum Gasteiger partial charge on any atom is -0.497 e. The van der Waals surface area contributed by atoms with Crippen molar-refractivity contribution in [1.29, 1.82) is 0 Å². The van der Waals surface area contributed by atoms with E-state index in [0.29, 0.717) is 23.1 Å². The zero-order valence-corrected chi connectivity index (χ0v) is 13.4. The molecule has 0 spiro atoms. The van der Waals surface area contributed by atoms with Crippen molar-refractivity contribution >= 4 is 11.6 Å². The number of hydrogen-bond donors (Lipinski definition) is 1. The number of hydrogen-bond acceptors (Lipinski definition) is 3. The number of rotatable bonds is 6. The SMILES string of the molecule is COc1ccc(NC(=O)C(c2ccccc2)C2CC2)c(OC)c1. The van der Waals surface area contributed by atoms with E-state index in [1.807, 2.05) is 42.5 Å². The van der Waals surface area contributed by atoms with Gasteiger partial charge in [0.2, 0.25) is 5.91 Å². The highest BCUT2D eigenvalue weighted by Crippen LogP contribution is 2.43. The van der Waals surface area contributed by atoms with E-state index in [1.165, 1.54) is 0 Å². The van der Waals surface area contributed by atoms with Gasteiger partial charge in [-0.1, -0.05) is 30.3 Å². The lowest BCUT2D eigenvalue weighted by atomic mass is 9.93. The van der Waals surface area contributed by atoms with Crippen molar-refractivity contribution in [1.82, 2.24) is 0 Å². The molecule has 1 unspecified atom stereocenters. The van der Waals surface area contributed by atoms with Crippen molar-refractivity contribution in [3.8, 4) is 11.5 Å². The average molecular weight is 311 g/mol. The molecule has 0 radical (unpaired) electrons. The van der Waals surface area contributed by atoms with Crippen molar-refractivity contribution in [2.75, 3.05) is 19.5 Å². The lowest BCUT2D eigenvalue weighted by molar-refractivity contribution is -0.118. The van der Waals surface area contributed by atoms with Crippen molar-refractivity contribution in [3.63, 3.8) is 0 Å². The smallest absolute Gasteiger partial charge is 0.232 e. The maximum Gasteiger partial charge on any atom is 0.232 e. The number of anilines is 1. The monoisotopic (exact) mass is 311 g/mol. The molecule has 1 N–H and O–H groups in total. The topological polar surface area (TPSA) is 47.6 Å². The molecule has 3 rings (SSSR count). The van der Waals surface area contributed by atoms with Crippen LogP contribution in [0.4, 0.5) is 5.69 Å². The Bertz CT molecular complexity index is 680. The van der Waals surface area contributed by atoms with Crippen LogP contribution in [0.15, 0.2) is 48.5 Å². The highest BCUT2D eigenvalue weighted by atomic mass is 16.5. The number of nitrogens with one attached hydrogen (secondary N) is 1. The molecular formula is C19H21NO3. The van der Waals surface area contributed by atoms with Crippen LogP contribution >= 0.6 is 0 Å². The normalized spacial score (nSPS) is 14.9. The third-order valence-electron chi connectivity index (χ3n) is 4.20. The molecule has 1 saturated carbocycles. The zero-order valence-electron chi connectivity index (χ0n) is 13.4. The number of carbonyl (C=O) groups is 1. The van der Waals surface area contributed by atoms with Gasteiger partial charge >= 0.3 is 0 Å². The third kappa shape index (κ3) is 3.47. The summed E-state index contributed by atoms with van der Waals surface area (Å²) in [5.41, 5.74) is 1.74. The minimum atomic E-state index is -0.108. The lowest BCUT2D eigenvalue weighted by Gasteiger charge is -2.18. The van der Waals surface area contributed by atoms with Crippen molar-refractivity contribution in [2.24, 2.45) is 5.92 Å². The summed E-state index contributed by atoms with van der Waals surface area (Å²) in [5, 5.41) is 3.01. The van der Waals surface area contributed by atoms with Gasteiger partial charge in [0.05, 0.1) is 25.8 Å². The van der Waals surface area contributed by atoms with Crippen LogP contribution in [-0.4, -0.2) is 20.1 Å². The molecule has 1 fully saturated rings. The molecule has 1 aliphatic rings. The first-order valence-electron chi connectivity index (χ1n) is 7.80. The second-order valence-corrected chi connectivity index (χ2v) is 5.78. The van der Waals surface area contributed by atoms with Crippen LogP contribution in [0, 0.1) is 5.92 Å². The summed E-state index contributed by atoms with van der Waals surface area (Å²) in [5.74, 6) is 1.63. The van der Waals surface area contributed by atoms with Gasteiger partial charge in [-0.3, -0.25) is 4.79 Å². The number of methoxy groups -OCH3 is 2. The van der Waals surface area contributed by atoms with Gasteiger partial charge in [0.25, 0.3) is 0 Å². The van der Waals surface area contributed by atoms with E-state index >= 15 is 0 Å². The molecule has 0 saturated heterocycles. The number of benzene rings is 2. The van der Waals surface area contributed by atoms with Gasteiger partial charge in [-0.25, -0.2) is 0 Å². The van der Waals surface area contributed by atoms with Gasteiger partial charge in [0, 0.05) is 6.07 Å². The Kier molecular flexibility index (Phi) is 4.51. The first kappa shape index (κ1) is 15.4. The van der Waals surface area contributed by atoms with E-state index < -0.39 is 0 Å². The van der Waals surface area contributed by atoms with Crippen molar-refractivity contribution in [2.45, 2.75) is 18.8 Å². The Labute approximate surface area is 136 Å². The fraction of sp³-hybridized carbons (Fsp3) is 0.316. The molecule has 4 nitrogen and oxygen atoms in total. The Balaban J connectivity index is 1.82. The van der Waals surface area contributed by atoms with E-state index in [2.05, 4.69) is 5.32 Å². The second kappa shape index (κ2) is 6.73. The Hall–Kier alpha value is -2.49. The van der Waals surface area contributed by atoms with Gasteiger partial charge in [0.15, 0.2) is 0 Å². The molecule has 0 aliphatic heterocycles. The Morgan fingerprint density at radius 2 is 1.83 bits per heavy atom. The molecule has 2 aromatic carbocycles. The molecular weight excluding hydrogens is 290 g/mol. The van der Waals surface area contributed by atoms with Crippen molar-refractivity contribution < 1.29 is 14.3 Å². The van der Waals surface area contributed by atoms with E-state index in [9.17, 15) is 4.79 Å². The maximum atomic E-state index is 12.8. The van der Waals surface area contributed by atoms with E-state index in [-0.39, 0.29) is 11.8 Å². The summed E-state index contributed by atoms with van der Waals surface area (Å²) in [6.07, 6.45) is 2.21. The quantitative estimate of drug-likeness (QED) is 0.882. The number of amides is 1. The number of ether oxygens (including phenoxy) is 2. The standard InChI is InChI=1S/C19H21NO3/c1-22-15-10-11-16(17(12-15)23-2)20-19(21)18(14-8-9-14)13-6-4-3-5-7-13/h3-7,10-12,14,18H,8-9H2,1-2H3,(H,20,21). The van der Waals surface area contributed by atoms with E-state index in [1.54, 1.807) is 20.3 Å². The summed E-state index contributed by atoms with van der Waals surface area (Å²) < 4.78 is 10.5. The van der Waals surface area contributed by atoms with Crippen molar-refractivity contribution in [3.05, 3.63) is 54.1 Å². The molecule has 1 amide bonds. The molecule has 1 atom stereocenters. The van der Waals surface area contributed by atoms with Crippen LogP contribution in [-0.2, 0) is 4.79 Å². The highest BCUT2D eigenvalue weighted by molar-refractivity contribution is 5.97. The Morgan fingerprint density at radius 1 is 1.09 bits per heavy atom. The fourth-order valence-electron chi connectivity index (χ4n) is 2.84. The summed E-state index contributed by atoms with van der Waals surface area (Å²) in [6.45, 7) is 0. The van der Waals surface area contributed by atoms with Gasteiger partial charge < -0.3 is 14.8 Å². The predicted octanol–water partition coefficient (Wildman–Crippen LogP) is 3.84. The molecule has 4 heteroatoms. The summed E-state index contributed by atoms with van der Waals surface area (Å²) in [7, 11) is 3.19. The molecule has 2 aromatic rings. The lowest BCUT2D eigenvalue weighted by Crippen LogP contribution is -2.23. The van der Waals surface area contributed by atoms with Crippen LogP contribution in [0.1, 0.15) is 24.3 Å². The molecule has 0 aromatic heterocycles. The third-order valence-corrected chi connectivity index (χ3v) is 4.20. The van der Waals surface area contributed by atoms with Crippen LogP contribution in [0.5, 0.6) is 11.5 Å². The number of carbonyl (C=O) groups excluding carboxylic acids is 1. The van der Waals surface area contributed by atoms with Gasteiger partial charge in [-0.2, -0.15) is 0 Å². The van der Waals surface area contributed by atoms with Crippen LogP contribution in [0.3, 0.4) is 0 Å². The Morgan fingerprint density at radius 3 is 2.43 bits per heavy atom. The minimum absolute atomic E-state index is 0.0159. The maximum absolute atomic E-state index is 12.8. The predicted molar refractivity (Wildman–Crippen MR) is 90.1 cm³/mol. The molecule has 120 valence electrons. The largest absolute Gasteiger partial charge is 0.497 e. The fourth-order valence-corrected chi connectivity index (χ4v) is 2.84. The van der Waals surface area contributed by atoms with E-state index in [4.69, 9.17) is 9.47 Å². The first-order chi connectivity index (χ1) is 11.2. The average Bonchev–Trinajstić information content (AvgIpc) is 3.41. The summed E-state index contributed by atoms with van der Waals surface area (Å²) in [6, 6.07) is 15.4. The first-order valence-corrected chi connectivity index (χ1v) is 7.80. The molecule has 0 heterocycles. The van der Waals surface area contributed by atoms with Gasteiger partial charge in [0.1, 0.15) is 11.5 Å². The van der Waals surface area contributed by atoms with Crippen LogP contribution < -0.4 is 14.8 Å². The van der Waals surface area contributed by atoms with Gasteiger partial charge in [-0.15, -0.1) is 0 Å². The van der Waals surface area contributed by atoms with Crippen LogP contribution in [0.25, 0.3) is 0 Å². The second-order valence-electron chi connectivity index (χ2n) is 5.78. The molecule has 23 heavy (non-hydrogen) atoms. The summed E-state index contributed by atoms with van der Waals surface area (Å²) in [4.78, 5) is 12.8. The highest BCUT2D eigenvalue weighted by Gasteiger charge is 2.37. The zero-order chi connectivity index (χ0) is 16.2. The molecule has 1 aliphatic carbocycles.